The number of rotatable bonds is 1. The van der Waals surface area contributed by atoms with E-state index >= 15 is 0 Å². The van der Waals surface area contributed by atoms with Gasteiger partial charge in [0.1, 0.15) is 6.79 Å². The molecule has 1 aliphatic heterocycles. The van der Waals surface area contributed by atoms with Crippen molar-refractivity contribution in [3.8, 4) is 0 Å². The van der Waals surface area contributed by atoms with Crippen LogP contribution < -0.4 is 0 Å². The molecule has 2 fully saturated rings. The number of hydrogen-bond donors (Lipinski definition) is 0. The second-order valence-electron chi connectivity index (χ2n) is 4.61. The quantitative estimate of drug-likeness (QED) is 0.663. The van der Waals surface area contributed by atoms with Crippen LogP contribution in [0.4, 0.5) is 0 Å². The molecule has 2 aliphatic rings. The van der Waals surface area contributed by atoms with E-state index in [1.807, 2.05) is 0 Å². The van der Waals surface area contributed by atoms with Gasteiger partial charge >= 0.3 is 0 Å². The van der Waals surface area contributed by atoms with Crippen molar-refractivity contribution in [2.45, 2.75) is 50.6 Å². The lowest BCUT2D eigenvalue weighted by Gasteiger charge is -2.29. The molecule has 0 bridgehead atoms. The lowest BCUT2D eigenvalue weighted by Crippen LogP contribution is -2.18. The van der Waals surface area contributed by atoms with Crippen molar-refractivity contribution in [1.82, 2.24) is 0 Å². The van der Waals surface area contributed by atoms with Gasteiger partial charge in [0, 0.05) is 5.66 Å². The molecule has 1 aliphatic carbocycles. The first-order valence-corrected chi connectivity index (χ1v) is 8.03. The van der Waals surface area contributed by atoms with Crippen LogP contribution in [0, 0.1) is 0 Å². The molecule has 16 heavy (non-hydrogen) atoms. The standard InChI is InChI=1S/C12H23O3P/c1-2-4-6-12(7-5-3-1)16-11-14-10-13-8-9-15-16/h12H,1-11H2. The Hall–Kier alpha value is 0.310. The van der Waals surface area contributed by atoms with Crippen molar-refractivity contribution in [2.24, 2.45) is 0 Å². The topological polar surface area (TPSA) is 27.7 Å². The van der Waals surface area contributed by atoms with Crippen LogP contribution in [0.15, 0.2) is 0 Å². The molecular weight excluding hydrogens is 223 g/mol. The zero-order valence-electron chi connectivity index (χ0n) is 10.0. The van der Waals surface area contributed by atoms with E-state index in [-0.39, 0.29) is 8.15 Å². The van der Waals surface area contributed by atoms with Crippen molar-refractivity contribution < 1.29 is 14.0 Å². The molecule has 0 aromatic heterocycles. The van der Waals surface area contributed by atoms with Gasteiger partial charge < -0.3 is 14.0 Å². The first-order chi connectivity index (χ1) is 7.97. The average Bonchev–Trinajstić information content (AvgIpc) is 2.18. The minimum atomic E-state index is -0.365. The molecule has 0 radical (unpaired) electrons. The summed E-state index contributed by atoms with van der Waals surface area (Å²) < 4.78 is 16.6. The summed E-state index contributed by atoms with van der Waals surface area (Å²) in [5.74, 6) is 0. The van der Waals surface area contributed by atoms with Gasteiger partial charge in [0.15, 0.2) is 0 Å². The van der Waals surface area contributed by atoms with Crippen LogP contribution in [-0.4, -0.2) is 32.0 Å². The van der Waals surface area contributed by atoms with Gasteiger partial charge in [-0.05, 0) is 12.8 Å². The molecule has 1 saturated heterocycles. The Kier molecular flexibility index (Phi) is 6.06. The fourth-order valence-electron chi connectivity index (χ4n) is 2.43. The highest BCUT2D eigenvalue weighted by molar-refractivity contribution is 7.53. The number of ether oxygens (including phenoxy) is 2. The van der Waals surface area contributed by atoms with Gasteiger partial charge in [-0.15, -0.1) is 0 Å². The molecule has 1 unspecified atom stereocenters. The molecular formula is C12H23O3P. The van der Waals surface area contributed by atoms with E-state index in [0.29, 0.717) is 13.4 Å². The Morgan fingerprint density at radius 3 is 2.38 bits per heavy atom. The summed E-state index contributed by atoms with van der Waals surface area (Å²) in [6.07, 6.45) is 10.5. The molecule has 1 heterocycles. The Morgan fingerprint density at radius 1 is 0.812 bits per heavy atom. The first kappa shape index (κ1) is 12.8. The number of hydrogen-bond acceptors (Lipinski definition) is 3. The minimum absolute atomic E-state index is 0.365. The Labute approximate surface area is 99.7 Å². The maximum atomic E-state index is 5.93. The molecule has 94 valence electrons. The normalized spacial score (nSPS) is 31.1. The Balaban J connectivity index is 1.81. The first-order valence-electron chi connectivity index (χ1n) is 6.52. The van der Waals surface area contributed by atoms with Gasteiger partial charge in [-0.2, -0.15) is 0 Å². The summed E-state index contributed by atoms with van der Waals surface area (Å²) in [7, 11) is -0.365. The molecule has 0 aromatic rings. The van der Waals surface area contributed by atoms with Gasteiger partial charge in [0.05, 0.1) is 27.7 Å². The molecule has 0 N–H and O–H groups in total. The van der Waals surface area contributed by atoms with E-state index in [0.717, 1.165) is 18.6 Å². The van der Waals surface area contributed by atoms with Crippen LogP contribution >= 0.6 is 8.15 Å². The van der Waals surface area contributed by atoms with Crippen LogP contribution in [0.5, 0.6) is 0 Å². The summed E-state index contributed by atoms with van der Waals surface area (Å²) in [4.78, 5) is 0. The van der Waals surface area contributed by atoms with Crippen molar-refractivity contribution in [3.05, 3.63) is 0 Å². The van der Waals surface area contributed by atoms with Crippen molar-refractivity contribution >= 4 is 8.15 Å². The highest BCUT2D eigenvalue weighted by Gasteiger charge is 2.24. The van der Waals surface area contributed by atoms with E-state index in [1.54, 1.807) is 0 Å². The molecule has 1 atom stereocenters. The molecule has 2 rings (SSSR count). The van der Waals surface area contributed by atoms with Crippen LogP contribution in [0.1, 0.15) is 44.9 Å². The fraction of sp³-hybridized carbons (Fsp3) is 1.00. The second-order valence-corrected chi connectivity index (χ2v) is 6.69. The zero-order valence-corrected chi connectivity index (χ0v) is 10.9. The average molecular weight is 246 g/mol. The van der Waals surface area contributed by atoms with Gasteiger partial charge in [0.2, 0.25) is 0 Å². The minimum Gasteiger partial charge on any atom is -0.354 e. The third kappa shape index (κ3) is 4.29. The highest BCUT2D eigenvalue weighted by Crippen LogP contribution is 2.48. The molecule has 3 nitrogen and oxygen atoms in total. The van der Waals surface area contributed by atoms with E-state index < -0.39 is 0 Å². The van der Waals surface area contributed by atoms with Gasteiger partial charge in [-0.3, -0.25) is 0 Å². The van der Waals surface area contributed by atoms with E-state index in [4.69, 9.17) is 14.0 Å². The summed E-state index contributed by atoms with van der Waals surface area (Å²) in [6, 6.07) is 0. The van der Waals surface area contributed by atoms with E-state index in [9.17, 15) is 0 Å². The summed E-state index contributed by atoms with van der Waals surface area (Å²) in [5.41, 5.74) is 0.772. The highest BCUT2D eigenvalue weighted by atomic mass is 31.1. The molecule has 0 amide bonds. The van der Waals surface area contributed by atoms with E-state index in [2.05, 4.69) is 0 Å². The van der Waals surface area contributed by atoms with Crippen molar-refractivity contribution in [3.63, 3.8) is 0 Å². The smallest absolute Gasteiger partial charge is 0.147 e. The van der Waals surface area contributed by atoms with E-state index in [1.165, 1.54) is 44.9 Å². The maximum Gasteiger partial charge on any atom is 0.147 e. The lowest BCUT2D eigenvalue weighted by molar-refractivity contribution is -0.0559. The largest absolute Gasteiger partial charge is 0.354 e. The molecule has 1 saturated carbocycles. The van der Waals surface area contributed by atoms with Gasteiger partial charge in [-0.1, -0.05) is 32.1 Å². The second kappa shape index (κ2) is 7.60. The Bertz CT molecular complexity index is 153. The van der Waals surface area contributed by atoms with Crippen molar-refractivity contribution in [2.75, 3.05) is 26.4 Å². The predicted molar refractivity (Wildman–Crippen MR) is 65.8 cm³/mol. The van der Waals surface area contributed by atoms with Gasteiger partial charge in [0.25, 0.3) is 0 Å². The van der Waals surface area contributed by atoms with Crippen LogP contribution in [0.2, 0.25) is 0 Å². The van der Waals surface area contributed by atoms with Crippen LogP contribution in [0.3, 0.4) is 0 Å². The van der Waals surface area contributed by atoms with Gasteiger partial charge in [-0.25, -0.2) is 0 Å². The van der Waals surface area contributed by atoms with Crippen molar-refractivity contribution in [1.29, 1.82) is 0 Å². The van der Waals surface area contributed by atoms with Crippen LogP contribution in [-0.2, 0) is 14.0 Å². The molecule has 4 heteroatoms. The third-order valence-electron chi connectivity index (χ3n) is 3.35. The van der Waals surface area contributed by atoms with Crippen LogP contribution in [0.25, 0.3) is 0 Å². The summed E-state index contributed by atoms with van der Waals surface area (Å²) in [5, 5.41) is 0. The SMILES string of the molecule is C1CCCC(P2COCOCCO2)CCC1. The molecule has 0 spiro atoms. The molecule has 0 aromatic carbocycles. The fourth-order valence-corrected chi connectivity index (χ4v) is 4.43. The third-order valence-corrected chi connectivity index (χ3v) is 5.63. The predicted octanol–water partition coefficient (Wildman–Crippen LogP) is 3.47. The summed E-state index contributed by atoms with van der Waals surface area (Å²) >= 11 is 0. The Morgan fingerprint density at radius 2 is 1.56 bits per heavy atom. The zero-order chi connectivity index (χ0) is 11.1. The maximum absolute atomic E-state index is 5.93. The monoisotopic (exact) mass is 246 g/mol. The summed E-state index contributed by atoms with van der Waals surface area (Å²) in [6.45, 7) is 1.89. The lowest BCUT2D eigenvalue weighted by atomic mass is 10.0.